The minimum absolute atomic E-state index is 0.0431. The molecule has 7 nitrogen and oxygen atoms in total. The number of aryl methyl sites for hydroxylation is 1. The predicted molar refractivity (Wildman–Crippen MR) is 155 cm³/mol. The third kappa shape index (κ3) is 4.72. The number of carbonyl (C=O) groups is 1. The topological polar surface area (TPSA) is 94.7 Å². The van der Waals surface area contributed by atoms with Gasteiger partial charge in [-0.1, -0.05) is 28.9 Å². The quantitative estimate of drug-likeness (QED) is 0.199. The van der Waals surface area contributed by atoms with Crippen molar-refractivity contribution in [2.24, 2.45) is 17.0 Å². The third-order valence-electron chi connectivity index (χ3n) is 9.18. The van der Waals surface area contributed by atoms with E-state index in [1.54, 1.807) is 0 Å². The predicted octanol–water partition coefficient (Wildman–Crippen LogP) is 8.72. The minimum atomic E-state index is -0.975. The zero-order valence-electron chi connectivity index (χ0n) is 22.8. The fourth-order valence-electron chi connectivity index (χ4n) is 7.17. The number of ether oxygens (including phenoxy) is 1. The first-order valence-electron chi connectivity index (χ1n) is 14.1. The number of amides is 1. The number of nitroso groups, excluding NO2 is 1. The van der Waals surface area contributed by atoms with Crippen molar-refractivity contribution in [2.75, 3.05) is 0 Å². The van der Waals surface area contributed by atoms with Gasteiger partial charge < -0.3 is 9.26 Å². The van der Waals surface area contributed by atoms with Gasteiger partial charge in [0.2, 0.25) is 0 Å². The van der Waals surface area contributed by atoms with Crippen LogP contribution < -0.4 is 0 Å². The Morgan fingerprint density at radius 3 is 2.66 bits per heavy atom. The summed E-state index contributed by atoms with van der Waals surface area (Å²) in [7, 11) is 0. The Balaban J connectivity index is 1.14. The number of fused-ring (bicyclic) bond motifs is 3. The maximum atomic E-state index is 14.8. The summed E-state index contributed by atoms with van der Waals surface area (Å²) in [6, 6.07) is 8.43. The average Bonchev–Trinajstić information content (AvgIpc) is 3.45. The van der Waals surface area contributed by atoms with Crippen LogP contribution in [0, 0.1) is 29.5 Å². The zero-order valence-corrected chi connectivity index (χ0v) is 24.4. The van der Waals surface area contributed by atoms with Crippen LogP contribution in [0.2, 0.25) is 5.02 Å². The van der Waals surface area contributed by atoms with Crippen molar-refractivity contribution in [3.8, 4) is 11.3 Å². The molecule has 3 aliphatic rings. The van der Waals surface area contributed by atoms with Crippen molar-refractivity contribution in [1.82, 2.24) is 10.1 Å². The van der Waals surface area contributed by atoms with Gasteiger partial charge in [0, 0.05) is 33.7 Å². The van der Waals surface area contributed by atoms with Crippen molar-refractivity contribution in [1.29, 1.82) is 0 Å². The number of thiazole rings is 1. The van der Waals surface area contributed by atoms with Gasteiger partial charge in [-0.3, -0.25) is 4.79 Å². The first-order chi connectivity index (χ1) is 19.7. The molecule has 1 amide bonds. The summed E-state index contributed by atoms with van der Waals surface area (Å²) in [5.74, 6) is 0.654. The molecule has 0 spiro atoms. The number of benzene rings is 2. The third-order valence-corrected chi connectivity index (χ3v) is 10.6. The molecule has 1 unspecified atom stereocenters. The standard InChI is InChI=1S/C31H29ClFN3O4S/c1-15-4-3-5-21(32)24(15)26-20(28(40-36-26)16-6-7-16)14-39-31(2)12-17-8-9-18(13-31)25(17)30-34-27-22(33)10-19(29(37)35-38)11-23(27)41-30/h3-5,10-11,16-18,25H,6-9,12-14H2,1-2H3/t17-,18+,25-,31?. The Kier molecular flexibility index (Phi) is 6.60. The summed E-state index contributed by atoms with van der Waals surface area (Å²) in [5.41, 5.74) is 3.59. The van der Waals surface area contributed by atoms with Gasteiger partial charge in [-0.2, -0.15) is 0 Å². The Bertz CT molecular complexity index is 1660. The van der Waals surface area contributed by atoms with E-state index in [-0.39, 0.29) is 22.6 Å². The zero-order chi connectivity index (χ0) is 28.5. The van der Waals surface area contributed by atoms with Gasteiger partial charge in [0.1, 0.15) is 17.0 Å². The maximum absolute atomic E-state index is 14.8. The lowest BCUT2D eigenvalue weighted by Crippen LogP contribution is -2.39. The van der Waals surface area contributed by atoms with E-state index in [1.807, 2.05) is 25.1 Å². The molecule has 0 saturated heterocycles. The van der Waals surface area contributed by atoms with E-state index in [0.717, 1.165) is 77.7 Å². The second-order valence-corrected chi connectivity index (χ2v) is 13.6. The number of hydrogen-bond donors (Lipinski definition) is 0. The number of nitrogens with zero attached hydrogens (tertiary/aromatic N) is 3. The molecule has 3 aliphatic carbocycles. The van der Waals surface area contributed by atoms with Crippen molar-refractivity contribution in [2.45, 2.75) is 76.4 Å². The second-order valence-electron chi connectivity index (χ2n) is 12.1. The van der Waals surface area contributed by atoms with Gasteiger partial charge in [0.05, 0.1) is 26.9 Å². The molecule has 0 aliphatic heterocycles. The van der Waals surface area contributed by atoms with Crippen molar-refractivity contribution < 1.29 is 18.4 Å². The Morgan fingerprint density at radius 2 is 1.98 bits per heavy atom. The molecule has 4 atom stereocenters. The van der Waals surface area contributed by atoms with E-state index in [9.17, 15) is 14.1 Å². The Hall–Kier alpha value is -3.01. The van der Waals surface area contributed by atoms with Gasteiger partial charge in [-0.25, -0.2) is 9.37 Å². The van der Waals surface area contributed by atoms with E-state index < -0.39 is 11.7 Å². The number of halogens is 2. The largest absolute Gasteiger partial charge is 0.370 e. The summed E-state index contributed by atoms with van der Waals surface area (Å²) in [6.45, 7) is 4.63. The molecule has 212 valence electrons. The summed E-state index contributed by atoms with van der Waals surface area (Å²) < 4.78 is 28.0. The van der Waals surface area contributed by atoms with Crippen LogP contribution in [0.4, 0.5) is 4.39 Å². The van der Waals surface area contributed by atoms with Gasteiger partial charge >= 0.3 is 5.91 Å². The number of hydrogen-bond acceptors (Lipinski definition) is 7. The average molecular weight is 594 g/mol. The van der Waals surface area contributed by atoms with E-state index in [4.69, 9.17) is 20.9 Å². The van der Waals surface area contributed by atoms with Gasteiger partial charge in [-0.05, 0) is 88.0 Å². The van der Waals surface area contributed by atoms with E-state index in [1.165, 1.54) is 17.4 Å². The van der Waals surface area contributed by atoms with Crippen LogP contribution in [-0.2, 0) is 11.3 Å². The Labute approximate surface area is 245 Å². The molecule has 2 heterocycles. The molecule has 2 aromatic heterocycles. The monoisotopic (exact) mass is 593 g/mol. The smallest absolute Gasteiger partial charge is 0.316 e. The summed E-state index contributed by atoms with van der Waals surface area (Å²) in [5, 5.41) is 8.46. The molecule has 2 aromatic carbocycles. The minimum Gasteiger partial charge on any atom is -0.370 e. The number of rotatable bonds is 7. The van der Waals surface area contributed by atoms with E-state index in [0.29, 0.717) is 34.1 Å². The highest BCUT2D eigenvalue weighted by Gasteiger charge is 2.50. The lowest BCUT2D eigenvalue weighted by atomic mass is 9.71. The first kappa shape index (κ1) is 26.9. The highest BCUT2D eigenvalue weighted by molar-refractivity contribution is 7.18. The summed E-state index contributed by atoms with van der Waals surface area (Å²) >= 11 is 8.03. The van der Waals surface area contributed by atoms with Crippen LogP contribution >= 0.6 is 22.9 Å². The molecule has 0 N–H and O–H groups in total. The first-order valence-corrected chi connectivity index (χ1v) is 15.3. The van der Waals surface area contributed by atoms with E-state index in [2.05, 4.69) is 22.2 Å². The number of aromatic nitrogens is 2. The molecule has 3 saturated carbocycles. The van der Waals surface area contributed by atoms with Crippen LogP contribution in [-0.4, -0.2) is 21.6 Å². The van der Waals surface area contributed by atoms with E-state index >= 15 is 0 Å². The van der Waals surface area contributed by atoms with Crippen LogP contribution in [0.1, 0.15) is 89.5 Å². The van der Waals surface area contributed by atoms with Crippen LogP contribution in [0.15, 0.2) is 40.0 Å². The van der Waals surface area contributed by atoms with Crippen LogP contribution in [0.5, 0.6) is 0 Å². The normalized spacial score (nSPS) is 25.6. The van der Waals surface area contributed by atoms with Crippen LogP contribution in [0.25, 0.3) is 21.5 Å². The molecule has 7 rings (SSSR count). The molecule has 41 heavy (non-hydrogen) atoms. The SMILES string of the molecule is Cc1cccc(Cl)c1-c1noc(C2CC2)c1COC1(C)C[C@H]2CC[C@@H](C1)[C@@H]2c1nc2c(F)cc(C(=O)N=O)cc2s1. The van der Waals surface area contributed by atoms with Crippen molar-refractivity contribution in [3.05, 3.63) is 73.5 Å². The fraction of sp³-hybridized carbons (Fsp3) is 0.452. The summed E-state index contributed by atoms with van der Waals surface area (Å²) in [4.78, 5) is 27.1. The van der Waals surface area contributed by atoms with Gasteiger partial charge in [0.25, 0.3) is 0 Å². The molecular weight excluding hydrogens is 565 g/mol. The highest BCUT2D eigenvalue weighted by atomic mass is 35.5. The van der Waals surface area contributed by atoms with Crippen molar-refractivity contribution in [3.63, 3.8) is 0 Å². The molecule has 2 bridgehead atoms. The highest BCUT2D eigenvalue weighted by Crippen LogP contribution is 2.57. The Morgan fingerprint density at radius 1 is 1.22 bits per heavy atom. The molecule has 10 heteroatoms. The second kappa shape index (κ2) is 10.1. The van der Waals surface area contributed by atoms with Gasteiger partial charge in [-0.15, -0.1) is 16.2 Å². The summed E-state index contributed by atoms with van der Waals surface area (Å²) in [6.07, 6.45) is 6.06. The molecular formula is C31H29ClFN3O4S. The molecule has 3 fully saturated rings. The van der Waals surface area contributed by atoms with Crippen molar-refractivity contribution >= 4 is 39.1 Å². The molecule has 4 aromatic rings. The number of carbonyl (C=O) groups excluding carboxylic acids is 1. The lowest BCUT2D eigenvalue weighted by molar-refractivity contribution is -0.0875. The lowest BCUT2D eigenvalue weighted by Gasteiger charge is -2.41. The van der Waals surface area contributed by atoms with Gasteiger partial charge in [0.15, 0.2) is 5.82 Å². The molecule has 0 radical (unpaired) electrons. The fourth-order valence-corrected chi connectivity index (χ4v) is 8.79. The van der Waals surface area contributed by atoms with Crippen LogP contribution in [0.3, 0.4) is 0 Å². The maximum Gasteiger partial charge on any atom is 0.316 e.